The number of Topliss-reactive ketones (excluding diaryl/α,β-unsaturated/α-hetero) is 2. The Kier molecular flexibility index (Phi) is 9.16. The van der Waals surface area contributed by atoms with Crippen LogP contribution in [0.15, 0.2) is 18.2 Å². The second kappa shape index (κ2) is 12.3. The van der Waals surface area contributed by atoms with Crippen LogP contribution < -0.4 is 20.1 Å². The second-order valence-electron chi connectivity index (χ2n) is 8.95. The molecule has 2 fully saturated rings. The van der Waals surface area contributed by atoms with Gasteiger partial charge < -0.3 is 24.9 Å². The molecule has 2 heterocycles. The maximum absolute atomic E-state index is 13.6. The summed E-state index contributed by atoms with van der Waals surface area (Å²) in [6, 6.07) is 1.01. The first-order chi connectivity index (χ1) is 18.1. The molecule has 0 aromatic heterocycles. The van der Waals surface area contributed by atoms with E-state index in [4.69, 9.17) is 9.47 Å². The number of hydrogen-bond donors (Lipinski definition) is 2. The van der Waals surface area contributed by atoms with Crippen LogP contribution in [-0.4, -0.2) is 90.4 Å². The van der Waals surface area contributed by atoms with Gasteiger partial charge in [-0.2, -0.15) is 0 Å². The van der Waals surface area contributed by atoms with Gasteiger partial charge in [0.1, 0.15) is 41.2 Å². The Morgan fingerprint density at radius 2 is 1.76 bits per heavy atom. The van der Waals surface area contributed by atoms with Gasteiger partial charge in [-0.1, -0.05) is 6.07 Å². The summed E-state index contributed by atoms with van der Waals surface area (Å²) in [5.41, 5.74) is -0.130. The number of hydrazine groups is 1. The van der Waals surface area contributed by atoms with E-state index in [1.54, 1.807) is 6.07 Å². The topological polar surface area (TPSA) is 168 Å². The van der Waals surface area contributed by atoms with Gasteiger partial charge in [0.25, 0.3) is 17.6 Å². The molecule has 13 nitrogen and oxygen atoms in total. The third kappa shape index (κ3) is 5.98. The van der Waals surface area contributed by atoms with Crippen LogP contribution in [0, 0.1) is 0 Å². The highest BCUT2D eigenvalue weighted by Gasteiger charge is 2.45. The molecule has 0 spiro atoms. The summed E-state index contributed by atoms with van der Waals surface area (Å²) in [6.45, 7) is 1.45. The van der Waals surface area contributed by atoms with Crippen molar-refractivity contribution in [3.05, 3.63) is 23.8 Å². The van der Waals surface area contributed by atoms with E-state index in [-0.39, 0.29) is 55.1 Å². The summed E-state index contributed by atoms with van der Waals surface area (Å²) in [5, 5.41) is 7.00. The first-order valence-corrected chi connectivity index (χ1v) is 12.1. The van der Waals surface area contributed by atoms with Gasteiger partial charge in [-0.3, -0.25) is 33.8 Å². The zero-order chi connectivity index (χ0) is 28.0. The van der Waals surface area contributed by atoms with Gasteiger partial charge >= 0.3 is 0 Å². The molecule has 2 aliphatic heterocycles. The molecular formula is C25H30N4O9. The van der Waals surface area contributed by atoms with Crippen molar-refractivity contribution in [1.29, 1.82) is 0 Å². The van der Waals surface area contributed by atoms with Crippen molar-refractivity contribution in [2.24, 2.45) is 0 Å². The summed E-state index contributed by atoms with van der Waals surface area (Å²) in [6.07, 6.45) is 0.597. The Bertz CT molecular complexity index is 1130. The highest BCUT2D eigenvalue weighted by Crippen LogP contribution is 2.29. The zero-order valence-corrected chi connectivity index (χ0v) is 21.4. The summed E-state index contributed by atoms with van der Waals surface area (Å²) < 4.78 is 10.4. The Morgan fingerprint density at radius 3 is 2.34 bits per heavy atom. The number of rotatable bonds is 10. The van der Waals surface area contributed by atoms with Gasteiger partial charge in [0.2, 0.25) is 11.8 Å². The van der Waals surface area contributed by atoms with Crippen molar-refractivity contribution in [2.45, 2.75) is 57.2 Å². The number of ketones is 2. The lowest BCUT2D eigenvalue weighted by Gasteiger charge is -2.43. The van der Waals surface area contributed by atoms with E-state index in [0.29, 0.717) is 12.7 Å². The van der Waals surface area contributed by atoms with Crippen molar-refractivity contribution in [1.82, 2.24) is 20.7 Å². The van der Waals surface area contributed by atoms with Gasteiger partial charge in [-0.05, 0) is 38.3 Å². The smallest absolute Gasteiger partial charge is 0.293 e. The number of nitrogens with one attached hydrogen (secondary N) is 2. The molecule has 0 bridgehead atoms. The van der Waals surface area contributed by atoms with Crippen LogP contribution in [0.25, 0.3) is 0 Å². The van der Waals surface area contributed by atoms with Gasteiger partial charge in [0.15, 0.2) is 0 Å². The number of ether oxygens (including phenoxy) is 2. The van der Waals surface area contributed by atoms with E-state index in [0.717, 1.165) is 10.0 Å². The van der Waals surface area contributed by atoms with Crippen LogP contribution in [-0.2, 0) is 28.8 Å². The van der Waals surface area contributed by atoms with Crippen LogP contribution in [0.5, 0.6) is 11.5 Å². The van der Waals surface area contributed by atoms with Crippen molar-refractivity contribution in [3.8, 4) is 11.5 Å². The lowest BCUT2D eigenvalue weighted by atomic mass is 10.0. The van der Waals surface area contributed by atoms with Crippen LogP contribution in [0.2, 0.25) is 0 Å². The average molecular weight is 531 g/mol. The highest BCUT2D eigenvalue weighted by atomic mass is 16.5. The summed E-state index contributed by atoms with van der Waals surface area (Å²) in [7, 11) is 2.65. The highest BCUT2D eigenvalue weighted by molar-refractivity contribution is 6.44. The molecule has 1 aromatic rings. The molecule has 0 aliphatic carbocycles. The van der Waals surface area contributed by atoms with E-state index in [9.17, 15) is 33.6 Å². The average Bonchev–Trinajstić information content (AvgIpc) is 3.03. The fourth-order valence-electron chi connectivity index (χ4n) is 4.54. The summed E-state index contributed by atoms with van der Waals surface area (Å²) >= 11 is 0. The van der Waals surface area contributed by atoms with Gasteiger partial charge in [-0.15, -0.1) is 0 Å². The molecule has 2 N–H and O–H groups in total. The maximum Gasteiger partial charge on any atom is 0.293 e. The van der Waals surface area contributed by atoms with Crippen LogP contribution in [0.1, 0.15) is 49.4 Å². The predicted octanol–water partition coefficient (Wildman–Crippen LogP) is -0.437. The van der Waals surface area contributed by atoms with Gasteiger partial charge in [0, 0.05) is 19.4 Å². The Morgan fingerprint density at radius 1 is 1.11 bits per heavy atom. The third-order valence-corrected chi connectivity index (χ3v) is 6.33. The lowest BCUT2D eigenvalue weighted by Crippen LogP contribution is -2.64. The molecule has 2 saturated heterocycles. The molecule has 4 amide bonds. The third-order valence-electron chi connectivity index (χ3n) is 6.33. The number of nitrogens with zero attached hydrogens (tertiary/aromatic N) is 2. The van der Waals surface area contributed by atoms with Crippen LogP contribution in [0.3, 0.4) is 0 Å². The Labute approximate surface area is 218 Å². The van der Waals surface area contributed by atoms with Crippen molar-refractivity contribution >= 4 is 41.5 Å². The largest absolute Gasteiger partial charge is 0.496 e. The number of carbonyl (C=O) groups is 7. The van der Waals surface area contributed by atoms with E-state index in [2.05, 4.69) is 10.6 Å². The number of hydrogen-bond acceptors (Lipinski definition) is 9. The summed E-state index contributed by atoms with van der Waals surface area (Å²) in [5.74, 6) is -4.14. The molecular weight excluding hydrogens is 500 g/mol. The molecule has 0 saturated carbocycles. The zero-order valence-electron chi connectivity index (χ0n) is 21.4. The normalized spacial score (nSPS) is 20.0. The van der Waals surface area contributed by atoms with E-state index >= 15 is 0 Å². The van der Waals surface area contributed by atoms with E-state index in [1.165, 1.54) is 33.3 Å². The monoisotopic (exact) mass is 530 g/mol. The predicted molar refractivity (Wildman–Crippen MR) is 130 cm³/mol. The molecule has 3 atom stereocenters. The fraction of sp³-hybridized carbons (Fsp3) is 0.480. The standard InChI is InChI=1S/C25H30N4O9/c1-14(31)12-15(13-30)26-23(34)17-6-5-11-28-20(32)10-9-16(25(36)29(17)28)27-24(35)22(33)21-18(37-2)7-4-8-19(21)38-3/h4,7-8,13,15-17H,5-6,9-12H2,1-3H3,(H,26,34)(H,27,35). The number of aldehydes is 1. The quantitative estimate of drug-likeness (QED) is 0.231. The van der Waals surface area contributed by atoms with Crippen molar-refractivity contribution < 1.29 is 43.0 Å². The van der Waals surface area contributed by atoms with Crippen LogP contribution in [0.4, 0.5) is 0 Å². The van der Waals surface area contributed by atoms with Crippen molar-refractivity contribution in [2.75, 3.05) is 20.8 Å². The number of methoxy groups -OCH3 is 2. The summed E-state index contributed by atoms with van der Waals surface area (Å²) in [4.78, 5) is 88.2. The fourth-order valence-corrected chi connectivity index (χ4v) is 4.54. The molecule has 13 heteroatoms. The Hall–Kier alpha value is -4.29. The molecule has 204 valence electrons. The number of amides is 4. The molecule has 2 aliphatic rings. The van der Waals surface area contributed by atoms with Crippen molar-refractivity contribution in [3.63, 3.8) is 0 Å². The first kappa shape index (κ1) is 28.3. The minimum atomic E-state index is -1.28. The molecule has 38 heavy (non-hydrogen) atoms. The number of carbonyl (C=O) groups excluding carboxylic acids is 7. The molecule has 3 unspecified atom stereocenters. The molecule has 3 rings (SSSR count). The minimum Gasteiger partial charge on any atom is -0.496 e. The Balaban J connectivity index is 1.84. The van der Waals surface area contributed by atoms with E-state index < -0.39 is 47.5 Å². The molecule has 1 aromatic carbocycles. The maximum atomic E-state index is 13.6. The lowest BCUT2D eigenvalue weighted by molar-refractivity contribution is -0.176. The minimum absolute atomic E-state index is 0.0949. The number of fused-ring (bicyclic) bond motifs is 1. The van der Waals surface area contributed by atoms with E-state index in [1.807, 2.05) is 0 Å². The molecule has 0 radical (unpaired) electrons. The van der Waals surface area contributed by atoms with Crippen LogP contribution >= 0.6 is 0 Å². The van der Waals surface area contributed by atoms with Gasteiger partial charge in [-0.25, -0.2) is 5.01 Å². The second-order valence-corrected chi connectivity index (χ2v) is 8.95. The van der Waals surface area contributed by atoms with Gasteiger partial charge in [0.05, 0.1) is 20.3 Å². The number of benzene rings is 1. The SMILES string of the molecule is COc1cccc(OC)c1C(=O)C(=O)NC1CCC(=O)N2CCCC(C(=O)NC(C=O)CC(C)=O)N2C1=O. The first-order valence-electron chi connectivity index (χ1n) is 12.1.